The van der Waals surface area contributed by atoms with Gasteiger partial charge in [-0.1, -0.05) is 6.07 Å². The van der Waals surface area contributed by atoms with E-state index in [0.717, 1.165) is 6.20 Å². The lowest BCUT2D eigenvalue weighted by Crippen LogP contribution is -2.37. The molecule has 0 aliphatic carbocycles. The van der Waals surface area contributed by atoms with Gasteiger partial charge in [-0.15, -0.1) is 4.40 Å². The van der Waals surface area contributed by atoms with Crippen molar-refractivity contribution in [1.82, 2.24) is 4.31 Å². The molecule has 10 heteroatoms. The van der Waals surface area contributed by atoms with Gasteiger partial charge >= 0.3 is 16.2 Å². The van der Waals surface area contributed by atoms with Gasteiger partial charge in [0, 0.05) is 18.0 Å². The third-order valence-corrected chi connectivity index (χ3v) is 4.60. The maximum absolute atomic E-state index is 12.1. The summed E-state index contributed by atoms with van der Waals surface area (Å²) in [6.45, 7) is 0.824. The summed E-state index contributed by atoms with van der Waals surface area (Å²) in [7, 11) is -1.44. The zero-order valence-electron chi connectivity index (χ0n) is 13.8. The lowest BCUT2D eigenvalue weighted by atomic mass is 10.2. The predicted molar refractivity (Wildman–Crippen MR) is 90.5 cm³/mol. The Morgan fingerprint density at radius 2 is 2.00 bits per heavy atom. The number of rotatable bonds is 5. The molecule has 25 heavy (non-hydrogen) atoms. The van der Waals surface area contributed by atoms with Gasteiger partial charge in [-0.2, -0.15) is 8.42 Å². The number of hydrogen-bond acceptors (Lipinski definition) is 6. The van der Waals surface area contributed by atoms with Crippen LogP contribution in [0.25, 0.3) is 0 Å². The number of esters is 1. The molecule has 9 nitrogen and oxygen atoms in total. The van der Waals surface area contributed by atoms with Crippen molar-refractivity contribution in [1.29, 1.82) is 0 Å². The monoisotopic (exact) mass is 367 g/mol. The maximum Gasteiger partial charge on any atom is 0.344 e. The lowest BCUT2D eigenvalue weighted by Gasteiger charge is -2.22. The van der Waals surface area contributed by atoms with E-state index in [0.29, 0.717) is 15.7 Å². The van der Waals surface area contributed by atoms with Crippen LogP contribution in [0, 0.1) is 0 Å². The van der Waals surface area contributed by atoms with Crippen LogP contribution in [-0.4, -0.2) is 51.1 Å². The van der Waals surface area contributed by atoms with Crippen molar-refractivity contribution in [3.63, 3.8) is 0 Å². The van der Waals surface area contributed by atoms with Crippen molar-refractivity contribution in [2.75, 3.05) is 26.1 Å². The van der Waals surface area contributed by atoms with Gasteiger partial charge in [0.15, 0.2) is 0 Å². The summed E-state index contributed by atoms with van der Waals surface area (Å²) in [5.74, 6) is -0.808. The SMILES string of the molecule is COC(=O)C1=CN(CC(=O)Nc2cccc(OC)c2)S(=O)(=O)N=C1C. The highest BCUT2D eigenvalue weighted by atomic mass is 32.2. The summed E-state index contributed by atoms with van der Waals surface area (Å²) in [5, 5.41) is 2.55. The normalized spacial score (nSPS) is 15.7. The van der Waals surface area contributed by atoms with Crippen LogP contribution in [0.1, 0.15) is 6.92 Å². The summed E-state index contributed by atoms with van der Waals surface area (Å²) in [6, 6.07) is 6.59. The van der Waals surface area contributed by atoms with Crippen LogP contribution in [0.3, 0.4) is 0 Å². The van der Waals surface area contributed by atoms with E-state index >= 15 is 0 Å². The zero-order valence-corrected chi connectivity index (χ0v) is 14.7. The fourth-order valence-corrected chi connectivity index (χ4v) is 3.13. The number of benzene rings is 1. The van der Waals surface area contributed by atoms with Crippen LogP contribution in [-0.2, 0) is 24.5 Å². The van der Waals surface area contributed by atoms with Gasteiger partial charge < -0.3 is 14.8 Å². The van der Waals surface area contributed by atoms with E-state index in [2.05, 4.69) is 14.5 Å². The van der Waals surface area contributed by atoms with E-state index in [1.54, 1.807) is 24.3 Å². The molecule has 1 amide bonds. The molecule has 0 bridgehead atoms. The molecule has 0 saturated heterocycles. The second kappa shape index (κ2) is 7.34. The van der Waals surface area contributed by atoms with Crippen LogP contribution in [0.2, 0.25) is 0 Å². The number of nitrogens with one attached hydrogen (secondary N) is 1. The maximum atomic E-state index is 12.1. The first-order chi connectivity index (χ1) is 11.8. The molecule has 0 saturated carbocycles. The second-order valence-electron chi connectivity index (χ2n) is 5.01. The number of amides is 1. The van der Waals surface area contributed by atoms with E-state index in [-0.39, 0.29) is 11.3 Å². The largest absolute Gasteiger partial charge is 0.497 e. The molecule has 0 unspecified atom stereocenters. The minimum atomic E-state index is -4.10. The third-order valence-electron chi connectivity index (χ3n) is 3.27. The number of carbonyl (C=O) groups excluding carboxylic acids is 2. The molecular weight excluding hydrogens is 350 g/mol. The molecule has 0 atom stereocenters. The molecule has 1 aromatic rings. The minimum absolute atomic E-state index is 0.00342. The molecule has 0 radical (unpaired) electrons. The van der Waals surface area contributed by atoms with E-state index in [1.807, 2.05) is 0 Å². The molecule has 1 N–H and O–H groups in total. The van der Waals surface area contributed by atoms with Gasteiger partial charge in [-0.3, -0.25) is 4.79 Å². The molecule has 0 spiro atoms. The number of anilines is 1. The highest BCUT2D eigenvalue weighted by Gasteiger charge is 2.29. The number of hydrogen-bond donors (Lipinski definition) is 1. The van der Waals surface area contributed by atoms with Gasteiger partial charge in [0.1, 0.15) is 12.3 Å². The molecule has 2 rings (SSSR count). The Morgan fingerprint density at radius 3 is 2.64 bits per heavy atom. The van der Waals surface area contributed by atoms with Crippen LogP contribution >= 0.6 is 0 Å². The molecule has 1 aliphatic rings. The predicted octanol–water partition coefficient (Wildman–Crippen LogP) is 0.712. The van der Waals surface area contributed by atoms with Crippen molar-refractivity contribution in [2.24, 2.45) is 4.40 Å². The number of nitrogens with zero attached hydrogens (tertiary/aromatic N) is 2. The van der Waals surface area contributed by atoms with Gasteiger partial charge in [-0.05, 0) is 19.1 Å². The lowest BCUT2D eigenvalue weighted by molar-refractivity contribution is -0.135. The molecule has 1 aliphatic heterocycles. The highest BCUT2D eigenvalue weighted by Crippen LogP contribution is 2.19. The first kappa shape index (κ1) is 18.5. The Morgan fingerprint density at radius 1 is 1.28 bits per heavy atom. The molecule has 0 fully saturated rings. The van der Waals surface area contributed by atoms with Gasteiger partial charge in [0.2, 0.25) is 5.91 Å². The van der Waals surface area contributed by atoms with E-state index in [1.165, 1.54) is 21.1 Å². The fraction of sp³-hybridized carbons (Fsp3) is 0.267. The van der Waals surface area contributed by atoms with Crippen LogP contribution in [0.5, 0.6) is 5.75 Å². The fourth-order valence-electron chi connectivity index (χ4n) is 2.06. The topological polar surface area (TPSA) is 114 Å². The van der Waals surface area contributed by atoms with Crippen molar-refractivity contribution in [3.05, 3.63) is 36.0 Å². The average Bonchev–Trinajstić information content (AvgIpc) is 2.56. The standard InChI is InChI=1S/C15H17N3O6S/c1-10-13(15(20)24-3)8-18(25(21,22)17-10)9-14(19)16-11-5-4-6-12(7-11)23-2/h4-8H,9H2,1-3H3,(H,16,19). The molecule has 1 heterocycles. The minimum Gasteiger partial charge on any atom is -0.497 e. The first-order valence-corrected chi connectivity index (χ1v) is 8.49. The Kier molecular flexibility index (Phi) is 5.42. The summed E-state index contributed by atoms with van der Waals surface area (Å²) < 4.78 is 37.9. The van der Waals surface area contributed by atoms with Crippen molar-refractivity contribution < 1.29 is 27.5 Å². The van der Waals surface area contributed by atoms with Crippen molar-refractivity contribution in [2.45, 2.75) is 6.92 Å². The Hall–Kier alpha value is -2.88. The third kappa shape index (κ3) is 4.35. The summed E-state index contributed by atoms with van der Waals surface area (Å²) in [6.07, 6.45) is 1.04. The van der Waals surface area contributed by atoms with E-state index in [4.69, 9.17) is 4.74 Å². The number of carbonyl (C=O) groups is 2. The molecule has 134 valence electrons. The van der Waals surface area contributed by atoms with Gasteiger partial charge in [-0.25, -0.2) is 9.10 Å². The van der Waals surface area contributed by atoms with Crippen molar-refractivity contribution in [3.8, 4) is 5.75 Å². The van der Waals surface area contributed by atoms with Crippen LogP contribution in [0.15, 0.2) is 40.4 Å². The smallest absolute Gasteiger partial charge is 0.344 e. The average molecular weight is 367 g/mol. The van der Waals surface area contributed by atoms with Crippen LogP contribution in [0.4, 0.5) is 5.69 Å². The molecule has 0 aromatic heterocycles. The Bertz CT molecular complexity index is 860. The second-order valence-corrected chi connectivity index (χ2v) is 6.56. The first-order valence-electron chi connectivity index (χ1n) is 7.09. The summed E-state index contributed by atoms with van der Waals surface area (Å²) >= 11 is 0. The van der Waals surface area contributed by atoms with E-state index in [9.17, 15) is 18.0 Å². The molecule has 1 aromatic carbocycles. The van der Waals surface area contributed by atoms with Gasteiger partial charge in [0.25, 0.3) is 0 Å². The molecular formula is C15H17N3O6S. The Balaban J connectivity index is 2.18. The summed E-state index contributed by atoms with van der Waals surface area (Å²) in [5.41, 5.74) is 0.401. The highest BCUT2D eigenvalue weighted by molar-refractivity contribution is 7.88. The quantitative estimate of drug-likeness (QED) is 0.767. The zero-order chi connectivity index (χ0) is 18.6. The van der Waals surface area contributed by atoms with Crippen LogP contribution < -0.4 is 10.1 Å². The Labute approximate surface area is 145 Å². The summed E-state index contributed by atoms with van der Waals surface area (Å²) in [4.78, 5) is 23.8. The number of ether oxygens (including phenoxy) is 2. The van der Waals surface area contributed by atoms with Crippen molar-refractivity contribution >= 4 is 33.5 Å². The van der Waals surface area contributed by atoms with E-state index < -0.39 is 28.6 Å². The van der Waals surface area contributed by atoms with Gasteiger partial charge in [0.05, 0.1) is 25.5 Å². The number of methoxy groups -OCH3 is 2.